The molecule has 2 aliphatic heterocycles. The molecule has 1 aromatic rings. The minimum Gasteiger partial charge on any atom is -0.300 e. The summed E-state index contributed by atoms with van der Waals surface area (Å²) in [5.41, 5.74) is 5.49. The summed E-state index contributed by atoms with van der Waals surface area (Å²) in [6, 6.07) is 19.8. The zero-order valence-corrected chi connectivity index (χ0v) is 34.2. The number of alkyl halides is 2. The Balaban J connectivity index is 0.000000524. The Morgan fingerprint density at radius 3 is 1.51 bits per heavy atom. The van der Waals surface area contributed by atoms with E-state index in [1.807, 2.05) is 11.4 Å². The van der Waals surface area contributed by atoms with E-state index in [4.69, 9.17) is 0 Å². The molecule has 0 bridgehead atoms. The number of halogens is 2. The second-order valence-electron chi connectivity index (χ2n) is 14.4. The molecular weight excluding hydrogens is 671 g/mol. The fraction of sp³-hybridized carbons (Fsp3) is 0.688. The van der Waals surface area contributed by atoms with E-state index in [1.54, 1.807) is 12.1 Å². The van der Waals surface area contributed by atoms with Gasteiger partial charge in [0.1, 0.15) is 0 Å². The predicted molar refractivity (Wildman–Crippen MR) is 202 cm³/mol. The molecule has 0 aliphatic carbocycles. The Morgan fingerprint density at radius 2 is 1.18 bits per heavy atom. The molecule has 1 nitrogen and oxygen atoms in total. The molecule has 7 heteroatoms. The average molecular weight is 734 g/mol. The van der Waals surface area contributed by atoms with Crippen LogP contribution in [0.25, 0.3) is 0 Å². The maximum atomic E-state index is 3.69. The number of benzene rings is 1. The van der Waals surface area contributed by atoms with E-state index < -0.39 is 32.3 Å². The Morgan fingerprint density at radius 1 is 0.744 bits per heavy atom. The number of hydrogen-bond acceptors (Lipinski definition) is 1. The monoisotopic (exact) mass is 731 g/mol. The normalized spacial score (nSPS) is 18.6. The van der Waals surface area contributed by atoms with Crippen LogP contribution < -0.4 is 0 Å². The Hall–Kier alpha value is 0.488. The highest BCUT2D eigenvalue weighted by Gasteiger charge is 2.27. The number of hydrogen-bond donors (Lipinski definition) is 0. The Kier molecular flexibility index (Phi) is 20.7. The first-order chi connectivity index (χ1) is 18.1. The van der Waals surface area contributed by atoms with Crippen molar-refractivity contribution in [2.24, 2.45) is 0 Å². The highest BCUT2D eigenvalue weighted by atomic mass is 79.9. The van der Waals surface area contributed by atoms with Crippen molar-refractivity contribution < 1.29 is 0 Å². The van der Waals surface area contributed by atoms with E-state index in [9.17, 15) is 0 Å². The molecule has 0 radical (unpaired) electrons. The first kappa shape index (κ1) is 39.5. The van der Waals surface area contributed by atoms with E-state index >= 15 is 0 Å². The third kappa shape index (κ3) is 21.8. The van der Waals surface area contributed by atoms with Crippen molar-refractivity contribution in [3.63, 3.8) is 0 Å². The summed E-state index contributed by atoms with van der Waals surface area (Å²) < 4.78 is 0. The van der Waals surface area contributed by atoms with E-state index in [2.05, 4.69) is 133 Å². The van der Waals surface area contributed by atoms with Crippen LogP contribution in [0.3, 0.4) is 0 Å². The van der Waals surface area contributed by atoms with Crippen molar-refractivity contribution in [2.45, 2.75) is 114 Å². The summed E-state index contributed by atoms with van der Waals surface area (Å²) >= 11 is 6.95. The van der Waals surface area contributed by atoms with E-state index in [0.717, 1.165) is 6.54 Å². The second kappa shape index (κ2) is 20.4. The molecule has 0 spiro atoms. The Labute approximate surface area is 266 Å². The maximum absolute atomic E-state index is 3.69. The van der Waals surface area contributed by atoms with E-state index in [-0.39, 0.29) is 0 Å². The van der Waals surface area contributed by atoms with Crippen molar-refractivity contribution in [3.8, 4) is 0 Å². The summed E-state index contributed by atoms with van der Waals surface area (Å²) in [6.07, 6.45) is 4.56. The largest absolute Gasteiger partial charge is 0.300 e. The van der Waals surface area contributed by atoms with Crippen LogP contribution in [0.15, 0.2) is 54.9 Å². The minimum absolute atomic E-state index is 0.590. The van der Waals surface area contributed by atoms with Crippen molar-refractivity contribution in [1.82, 2.24) is 4.90 Å². The lowest BCUT2D eigenvalue weighted by molar-refractivity contribution is 0.282. The molecule has 226 valence electrons. The summed E-state index contributed by atoms with van der Waals surface area (Å²) in [5.74, 6) is 0. The van der Waals surface area contributed by atoms with Gasteiger partial charge in [-0.15, -0.1) is 13.2 Å². The summed E-state index contributed by atoms with van der Waals surface area (Å²) in [5, 5.41) is 2.36. The van der Waals surface area contributed by atoms with Gasteiger partial charge < -0.3 is 0 Å². The smallest absolute Gasteiger partial charge is 0.0942 e. The van der Waals surface area contributed by atoms with Gasteiger partial charge in [0, 0.05) is 41.4 Å². The van der Waals surface area contributed by atoms with Crippen molar-refractivity contribution in [2.75, 3.05) is 23.7 Å². The van der Waals surface area contributed by atoms with Gasteiger partial charge in [0.25, 0.3) is 0 Å². The molecule has 1 aromatic carbocycles. The Bertz CT molecular complexity index is 746. The minimum atomic E-state index is -1.12. The molecule has 0 amide bonds. The lowest BCUT2D eigenvalue weighted by Gasteiger charge is -2.35. The third-order valence-electron chi connectivity index (χ3n) is 8.26. The third-order valence-corrected chi connectivity index (χ3v) is 22.4. The molecular formula is C32H63Br2NSi4. The van der Waals surface area contributed by atoms with Gasteiger partial charge in [0.2, 0.25) is 0 Å². The van der Waals surface area contributed by atoms with Gasteiger partial charge in [-0.1, -0.05) is 157 Å². The van der Waals surface area contributed by atoms with Gasteiger partial charge >= 0.3 is 0 Å². The SMILES string of the molecule is C=C[Si](C)(C)C=C.C[Si](C)(CCBr)CCBr.C[Si]1(C)CCCCC1.C[Si]1(C)CCN(Cc2ccccc2)CC1. The number of nitrogens with zero attached hydrogens (tertiary/aromatic N) is 1. The molecule has 2 aliphatic rings. The van der Waals surface area contributed by atoms with E-state index in [0.29, 0.717) is 0 Å². The highest BCUT2D eigenvalue weighted by molar-refractivity contribution is 9.09. The molecule has 2 fully saturated rings. The van der Waals surface area contributed by atoms with Gasteiger partial charge in [-0.05, 0) is 42.8 Å². The quantitative estimate of drug-likeness (QED) is 0.190. The highest BCUT2D eigenvalue weighted by Crippen LogP contribution is 2.27. The fourth-order valence-corrected chi connectivity index (χ4v) is 17.0. The van der Waals surface area contributed by atoms with Crippen molar-refractivity contribution in [3.05, 3.63) is 60.5 Å². The predicted octanol–water partition coefficient (Wildman–Crippen LogP) is 11.7. The van der Waals surface area contributed by atoms with Crippen LogP contribution in [-0.2, 0) is 6.54 Å². The summed E-state index contributed by atoms with van der Waals surface area (Å²) in [6.45, 7) is 30.5. The summed E-state index contributed by atoms with van der Waals surface area (Å²) in [7, 11) is -3.30. The molecule has 2 saturated heterocycles. The molecule has 3 rings (SSSR count). The van der Waals surface area contributed by atoms with Gasteiger partial charge in [-0.25, -0.2) is 0 Å². The zero-order chi connectivity index (χ0) is 30.0. The fourth-order valence-electron chi connectivity index (χ4n) is 4.39. The molecule has 39 heavy (non-hydrogen) atoms. The standard InChI is InChI=1S/C13H21NSi.C7H16Si.C6H14Br2Si.C6H12Si/c1-15(2)10-8-14(9-11-15)12-13-6-4-3-5-7-13;1-8(2)6-4-3-5-7-8;1-9(2,5-3-7)6-4-8;1-5-7(3,4)6-2/h3-7H,8-12H2,1-2H3;3-7H2,1-2H3;3-6H2,1-2H3;5-6H,1-2H2,3-4H3. The van der Waals surface area contributed by atoms with Crippen LogP contribution >= 0.6 is 31.9 Å². The molecule has 0 saturated carbocycles. The molecule has 2 heterocycles. The van der Waals surface area contributed by atoms with Crippen molar-refractivity contribution >= 4 is 64.2 Å². The zero-order valence-electron chi connectivity index (χ0n) is 27.1. The topological polar surface area (TPSA) is 3.24 Å². The average Bonchev–Trinajstić information content (AvgIpc) is 2.87. The van der Waals surface area contributed by atoms with Crippen molar-refractivity contribution in [1.29, 1.82) is 0 Å². The first-order valence-electron chi connectivity index (χ1n) is 15.3. The lowest BCUT2D eigenvalue weighted by Crippen LogP contribution is -2.42. The molecule has 0 aromatic heterocycles. The van der Waals surface area contributed by atoms with E-state index in [1.165, 1.54) is 72.8 Å². The van der Waals surface area contributed by atoms with Crippen LogP contribution in [0.2, 0.25) is 88.6 Å². The number of rotatable bonds is 8. The van der Waals surface area contributed by atoms with Crippen LogP contribution in [0.1, 0.15) is 24.8 Å². The first-order valence-corrected chi connectivity index (χ1v) is 30.9. The van der Waals surface area contributed by atoms with Crippen LogP contribution in [-0.4, -0.2) is 60.9 Å². The van der Waals surface area contributed by atoms with Crippen LogP contribution in [0.4, 0.5) is 0 Å². The van der Waals surface area contributed by atoms with Crippen LogP contribution in [0, 0.1) is 0 Å². The van der Waals surface area contributed by atoms with Gasteiger partial charge in [0.15, 0.2) is 0 Å². The van der Waals surface area contributed by atoms with Crippen LogP contribution in [0.5, 0.6) is 0 Å². The molecule has 0 unspecified atom stereocenters. The summed E-state index contributed by atoms with van der Waals surface area (Å²) in [4.78, 5) is 2.60. The lowest BCUT2D eigenvalue weighted by atomic mass is 10.2. The van der Waals surface area contributed by atoms with Gasteiger partial charge in [-0.2, -0.15) is 0 Å². The molecule has 0 N–H and O–H groups in total. The molecule has 0 atom stereocenters. The van der Waals surface area contributed by atoms with Gasteiger partial charge in [0.05, 0.1) is 8.07 Å². The maximum Gasteiger partial charge on any atom is 0.0942 e. The second-order valence-corrected chi connectivity index (χ2v) is 36.5. The van der Waals surface area contributed by atoms with Gasteiger partial charge in [-0.3, -0.25) is 4.90 Å².